The number of hydrogen-bond donors (Lipinski definition) is 0. The second-order valence-electron chi connectivity index (χ2n) is 4.94. The SMILES string of the molecule is CN(C)c1cccc(C(=O)N(C)c2ccccc2C#N)c1. The fourth-order valence-corrected chi connectivity index (χ4v) is 2.08. The van der Waals surface area contributed by atoms with E-state index in [1.807, 2.05) is 43.3 Å². The van der Waals surface area contributed by atoms with Crippen LogP contribution in [0, 0.1) is 11.3 Å². The lowest BCUT2D eigenvalue weighted by Gasteiger charge is -2.20. The van der Waals surface area contributed by atoms with Crippen molar-refractivity contribution in [3.8, 4) is 6.07 Å². The van der Waals surface area contributed by atoms with Gasteiger partial charge in [0.1, 0.15) is 6.07 Å². The summed E-state index contributed by atoms with van der Waals surface area (Å²) in [6.45, 7) is 0. The first-order valence-corrected chi connectivity index (χ1v) is 6.59. The summed E-state index contributed by atoms with van der Waals surface area (Å²) in [6, 6.07) is 16.6. The van der Waals surface area contributed by atoms with E-state index < -0.39 is 0 Å². The average Bonchev–Trinajstić information content (AvgIpc) is 2.53. The van der Waals surface area contributed by atoms with Gasteiger partial charge in [0.15, 0.2) is 0 Å². The molecule has 4 heteroatoms. The van der Waals surface area contributed by atoms with Gasteiger partial charge in [-0.3, -0.25) is 4.79 Å². The van der Waals surface area contributed by atoms with Gasteiger partial charge in [0.25, 0.3) is 5.91 Å². The van der Waals surface area contributed by atoms with Crippen LogP contribution in [-0.4, -0.2) is 27.1 Å². The zero-order valence-electron chi connectivity index (χ0n) is 12.4. The number of para-hydroxylation sites is 1. The van der Waals surface area contributed by atoms with Crippen molar-refractivity contribution in [3.05, 3.63) is 59.7 Å². The molecule has 2 aromatic rings. The minimum Gasteiger partial charge on any atom is -0.378 e. The molecule has 2 rings (SSSR count). The second kappa shape index (κ2) is 6.10. The van der Waals surface area contributed by atoms with Crippen molar-refractivity contribution in [1.82, 2.24) is 0 Å². The normalized spacial score (nSPS) is 9.81. The van der Waals surface area contributed by atoms with Crippen LogP contribution in [0.5, 0.6) is 0 Å². The van der Waals surface area contributed by atoms with Crippen LogP contribution in [0.1, 0.15) is 15.9 Å². The highest BCUT2D eigenvalue weighted by molar-refractivity contribution is 6.06. The Bertz CT molecular complexity index is 701. The van der Waals surface area contributed by atoms with Crippen LogP contribution in [0.3, 0.4) is 0 Å². The quantitative estimate of drug-likeness (QED) is 0.868. The summed E-state index contributed by atoms with van der Waals surface area (Å²) in [5.74, 6) is -0.138. The molecule has 0 aliphatic heterocycles. The molecule has 106 valence electrons. The van der Waals surface area contributed by atoms with Crippen molar-refractivity contribution in [3.63, 3.8) is 0 Å². The molecule has 0 atom stereocenters. The Morgan fingerprint density at radius 2 is 1.76 bits per heavy atom. The van der Waals surface area contributed by atoms with Crippen LogP contribution < -0.4 is 9.80 Å². The Morgan fingerprint density at radius 3 is 2.43 bits per heavy atom. The number of hydrogen-bond acceptors (Lipinski definition) is 3. The van der Waals surface area contributed by atoms with E-state index in [1.54, 1.807) is 31.3 Å². The van der Waals surface area contributed by atoms with Gasteiger partial charge in [0, 0.05) is 32.4 Å². The predicted octanol–water partition coefficient (Wildman–Crippen LogP) is 2.90. The summed E-state index contributed by atoms with van der Waals surface area (Å²) in [5, 5.41) is 9.14. The molecule has 2 aromatic carbocycles. The Hall–Kier alpha value is -2.80. The number of benzene rings is 2. The molecule has 0 saturated heterocycles. The molecule has 21 heavy (non-hydrogen) atoms. The Kier molecular flexibility index (Phi) is 4.24. The Balaban J connectivity index is 2.36. The van der Waals surface area contributed by atoms with Crippen LogP contribution in [0.2, 0.25) is 0 Å². The molecule has 0 N–H and O–H groups in total. The summed E-state index contributed by atoms with van der Waals surface area (Å²) in [7, 11) is 5.54. The first-order chi connectivity index (χ1) is 10.0. The highest BCUT2D eigenvalue weighted by Gasteiger charge is 2.16. The van der Waals surface area contributed by atoms with Crippen molar-refractivity contribution in [2.24, 2.45) is 0 Å². The molecule has 0 aliphatic carbocycles. The molecule has 0 aliphatic rings. The smallest absolute Gasteiger partial charge is 0.258 e. The van der Waals surface area contributed by atoms with Crippen LogP contribution >= 0.6 is 0 Å². The summed E-state index contributed by atoms with van der Waals surface area (Å²) < 4.78 is 0. The van der Waals surface area contributed by atoms with Gasteiger partial charge in [-0.2, -0.15) is 5.26 Å². The fourth-order valence-electron chi connectivity index (χ4n) is 2.08. The van der Waals surface area contributed by atoms with E-state index in [0.29, 0.717) is 16.8 Å². The number of nitriles is 1. The van der Waals surface area contributed by atoms with Gasteiger partial charge in [-0.1, -0.05) is 18.2 Å². The van der Waals surface area contributed by atoms with Crippen molar-refractivity contribution < 1.29 is 4.79 Å². The molecule has 0 saturated carbocycles. The topological polar surface area (TPSA) is 47.3 Å². The van der Waals surface area contributed by atoms with Gasteiger partial charge in [-0.25, -0.2) is 0 Å². The monoisotopic (exact) mass is 279 g/mol. The fraction of sp³-hybridized carbons (Fsp3) is 0.176. The lowest BCUT2D eigenvalue weighted by Crippen LogP contribution is -2.27. The lowest BCUT2D eigenvalue weighted by atomic mass is 10.1. The minimum absolute atomic E-state index is 0.138. The van der Waals surface area contributed by atoms with Gasteiger partial charge in [0.2, 0.25) is 0 Å². The molecule has 0 unspecified atom stereocenters. The van der Waals surface area contributed by atoms with E-state index in [0.717, 1.165) is 5.69 Å². The number of rotatable bonds is 3. The van der Waals surface area contributed by atoms with E-state index in [9.17, 15) is 4.79 Å². The Labute approximate surface area is 124 Å². The summed E-state index contributed by atoms with van der Waals surface area (Å²) in [4.78, 5) is 16.0. The zero-order valence-corrected chi connectivity index (χ0v) is 12.4. The standard InChI is InChI=1S/C17H17N3O/c1-19(2)15-9-6-8-13(11-15)17(21)20(3)16-10-5-4-7-14(16)12-18/h4-11H,1-3H3. The van der Waals surface area contributed by atoms with Gasteiger partial charge < -0.3 is 9.80 Å². The summed E-state index contributed by atoms with van der Waals surface area (Å²) >= 11 is 0. The van der Waals surface area contributed by atoms with Crippen LogP contribution in [0.25, 0.3) is 0 Å². The third kappa shape index (κ3) is 3.03. The number of carbonyl (C=O) groups excluding carboxylic acids is 1. The van der Waals surface area contributed by atoms with Crippen molar-refractivity contribution in [2.45, 2.75) is 0 Å². The van der Waals surface area contributed by atoms with E-state index in [2.05, 4.69) is 6.07 Å². The van der Waals surface area contributed by atoms with Crippen LogP contribution in [0.15, 0.2) is 48.5 Å². The minimum atomic E-state index is -0.138. The predicted molar refractivity (Wildman–Crippen MR) is 84.7 cm³/mol. The van der Waals surface area contributed by atoms with E-state index in [1.165, 1.54) is 4.90 Å². The van der Waals surface area contributed by atoms with Gasteiger partial charge in [-0.05, 0) is 30.3 Å². The molecule has 0 fully saturated rings. The molecule has 4 nitrogen and oxygen atoms in total. The third-order valence-electron chi connectivity index (χ3n) is 3.30. The maximum absolute atomic E-state index is 12.6. The Morgan fingerprint density at radius 1 is 1.05 bits per heavy atom. The van der Waals surface area contributed by atoms with Crippen molar-refractivity contribution in [1.29, 1.82) is 5.26 Å². The molecular weight excluding hydrogens is 262 g/mol. The van der Waals surface area contributed by atoms with E-state index in [-0.39, 0.29) is 5.91 Å². The van der Waals surface area contributed by atoms with Crippen molar-refractivity contribution in [2.75, 3.05) is 30.9 Å². The number of nitrogens with zero attached hydrogens (tertiary/aromatic N) is 3. The average molecular weight is 279 g/mol. The molecule has 0 radical (unpaired) electrons. The molecular formula is C17H17N3O. The summed E-state index contributed by atoms with van der Waals surface area (Å²) in [5.41, 5.74) is 2.65. The molecule has 0 aromatic heterocycles. The maximum atomic E-state index is 12.6. The van der Waals surface area contributed by atoms with Gasteiger partial charge >= 0.3 is 0 Å². The number of amides is 1. The summed E-state index contributed by atoms with van der Waals surface area (Å²) in [6.07, 6.45) is 0. The van der Waals surface area contributed by atoms with Gasteiger partial charge in [0.05, 0.1) is 11.3 Å². The molecule has 0 spiro atoms. The van der Waals surface area contributed by atoms with Crippen molar-refractivity contribution >= 4 is 17.3 Å². The van der Waals surface area contributed by atoms with E-state index in [4.69, 9.17) is 5.26 Å². The first-order valence-electron chi connectivity index (χ1n) is 6.59. The largest absolute Gasteiger partial charge is 0.378 e. The molecule has 1 amide bonds. The molecule has 0 bridgehead atoms. The van der Waals surface area contributed by atoms with Crippen LogP contribution in [-0.2, 0) is 0 Å². The third-order valence-corrected chi connectivity index (χ3v) is 3.30. The zero-order chi connectivity index (χ0) is 15.4. The highest BCUT2D eigenvalue weighted by Crippen LogP contribution is 2.21. The number of carbonyl (C=O) groups is 1. The number of anilines is 2. The van der Waals surface area contributed by atoms with Gasteiger partial charge in [-0.15, -0.1) is 0 Å². The second-order valence-corrected chi connectivity index (χ2v) is 4.94. The van der Waals surface area contributed by atoms with E-state index >= 15 is 0 Å². The first kappa shape index (κ1) is 14.6. The lowest BCUT2D eigenvalue weighted by molar-refractivity contribution is 0.0993. The highest BCUT2D eigenvalue weighted by atomic mass is 16.2. The maximum Gasteiger partial charge on any atom is 0.258 e. The molecule has 0 heterocycles. The van der Waals surface area contributed by atoms with Crippen LogP contribution in [0.4, 0.5) is 11.4 Å².